The summed E-state index contributed by atoms with van der Waals surface area (Å²) in [6.45, 7) is 3.53. The molecule has 0 saturated heterocycles. The molecule has 2 N–H and O–H groups in total. The molecule has 1 amide bonds. The van der Waals surface area contributed by atoms with Gasteiger partial charge in [0.05, 0.1) is 12.1 Å². The number of rotatable bonds is 3. The highest BCUT2D eigenvalue weighted by Gasteiger charge is 2.30. The molecule has 0 aromatic heterocycles. The van der Waals surface area contributed by atoms with Gasteiger partial charge in [-0.1, -0.05) is 18.2 Å². The van der Waals surface area contributed by atoms with E-state index in [1.807, 2.05) is 43.3 Å². The van der Waals surface area contributed by atoms with Crippen LogP contribution < -0.4 is 10.5 Å². The van der Waals surface area contributed by atoms with Crippen molar-refractivity contribution in [3.8, 4) is 5.75 Å². The van der Waals surface area contributed by atoms with Crippen molar-refractivity contribution in [1.29, 1.82) is 0 Å². The van der Waals surface area contributed by atoms with Crippen molar-refractivity contribution in [2.45, 2.75) is 25.6 Å². The second kappa shape index (κ2) is 6.24. The minimum atomic E-state index is -0.495. The van der Waals surface area contributed by atoms with Crippen molar-refractivity contribution in [3.05, 3.63) is 29.8 Å². The Balaban J connectivity index is 2.28. The molecule has 0 unspecified atom stereocenters. The van der Waals surface area contributed by atoms with Gasteiger partial charge in [-0.3, -0.25) is 4.79 Å². The monoisotopic (exact) mass is 277 g/mol. The zero-order valence-corrected chi connectivity index (χ0v) is 12.4. The summed E-state index contributed by atoms with van der Waals surface area (Å²) in [4.78, 5) is 16.3. The van der Waals surface area contributed by atoms with Gasteiger partial charge in [0.2, 0.25) is 5.91 Å². The van der Waals surface area contributed by atoms with Crippen molar-refractivity contribution in [2.75, 3.05) is 27.2 Å². The number of hydrogen-bond donors (Lipinski definition) is 1. The maximum atomic E-state index is 12.4. The Morgan fingerprint density at radius 2 is 2.20 bits per heavy atom. The average molecular weight is 277 g/mol. The zero-order chi connectivity index (χ0) is 14.7. The second-order valence-electron chi connectivity index (χ2n) is 5.59. The normalized spacial score (nSPS) is 20.1. The molecule has 1 aromatic carbocycles. The first-order chi connectivity index (χ1) is 9.49. The molecule has 1 aromatic rings. The van der Waals surface area contributed by atoms with E-state index in [2.05, 4.69) is 4.90 Å². The van der Waals surface area contributed by atoms with Crippen LogP contribution in [0.3, 0.4) is 0 Å². The van der Waals surface area contributed by atoms with Crippen molar-refractivity contribution in [1.82, 2.24) is 9.80 Å². The smallest absolute Gasteiger partial charge is 0.239 e. The fourth-order valence-corrected chi connectivity index (χ4v) is 2.46. The van der Waals surface area contributed by atoms with Crippen LogP contribution in [0.5, 0.6) is 5.75 Å². The number of hydrogen-bond acceptors (Lipinski definition) is 4. The SMILES string of the molecule is C[C@@H](N)C(=O)N1Cc2ccccc2OC[C@H]1CN(C)C. The number of carbonyl (C=O) groups excluding carboxylic acids is 1. The third-order valence-corrected chi connectivity index (χ3v) is 3.43. The lowest BCUT2D eigenvalue weighted by Gasteiger charge is -2.32. The summed E-state index contributed by atoms with van der Waals surface area (Å²) in [5.74, 6) is 0.827. The lowest BCUT2D eigenvalue weighted by molar-refractivity contribution is -0.135. The first-order valence-corrected chi connectivity index (χ1v) is 6.90. The standard InChI is InChI=1S/C15H23N3O2/c1-11(16)15(19)18-8-12-6-4-5-7-14(12)20-10-13(18)9-17(2)3/h4-7,11,13H,8-10,16H2,1-3H3/t11-,13-/m1/s1. The Hall–Kier alpha value is -1.59. The van der Waals surface area contributed by atoms with E-state index < -0.39 is 6.04 Å². The van der Waals surface area contributed by atoms with Gasteiger partial charge >= 0.3 is 0 Å². The molecule has 0 bridgehead atoms. The third kappa shape index (κ3) is 3.29. The Morgan fingerprint density at radius 3 is 2.85 bits per heavy atom. The Bertz CT molecular complexity index is 474. The number of nitrogens with zero attached hydrogens (tertiary/aromatic N) is 2. The molecule has 1 aliphatic rings. The predicted octanol–water partition coefficient (Wildman–Crippen LogP) is 0.685. The minimum absolute atomic E-state index is 0.0101. The fourth-order valence-electron chi connectivity index (χ4n) is 2.46. The molecule has 110 valence electrons. The average Bonchev–Trinajstić information content (AvgIpc) is 2.57. The molecular formula is C15H23N3O2. The van der Waals surface area contributed by atoms with Crippen LogP contribution in [0.15, 0.2) is 24.3 Å². The maximum absolute atomic E-state index is 12.4. The van der Waals surface area contributed by atoms with E-state index >= 15 is 0 Å². The molecule has 2 atom stereocenters. The zero-order valence-electron chi connectivity index (χ0n) is 12.4. The number of benzene rings is 1. The largest absolute Gasteiger partial charge is 0.491 e. The fraction of sp³-hybridized carbons (Fsp3) is 0.533. The summed E-state index contributed by atoms with van der Waals surface area (Å²) >= 11 is 0. The van der Waals surface area contributed by atoms with Gasteiger partial charge in [-0.05, 0) is 27.1 Å². The highest BCUT2D eigenvalue weighted by atomic mass is 16.5. The summed E-state index contributed by atoms with van der Waals surface area (Å²) in [7, 11) is 3.99. The van der Waals surface area contributed by atoms with Crippen molar-refractivity contribution >= 4 is 5.91 Å². The number of carbonyl (C=O) groups is 1. The molecule has 5 heteroatoms. The van der Waals surface area contributed by atoms with Crippen molar-refractivity contribution < 1.29 is 9.53 Å². The first-order valence-electron chi connectivity index (χ1n) is 6.90. The van der Waals surface area contributed by atoms with Crippen LogP contribution in [0.2, 0.25) is 0 Å². The van der Waals surface area contributed by atoms with Crippen LogP contribution in [0.1, 0.15) is 12.5 Å². The maximum Gasteiger partial charge on any atom is 0.239 e. The minimum Gasteiger partial charge on any atom is -0.491 e. The van der Waals surface area contributed by atoms with E-state index in [-0.39, 0.29) is 11.9 Å². The molecule has 0 spiro atoms. The molecule has 1 aliphatic heterocycles. The first kappa shape index (κ1) is 14.8. The molecular weight excluding hydrogens is 254 g/mol. The highest BCUT2D eigenvalue weighted by Crippen LogP contribution is 2.25. The van der Waals surface area contributed by atoms with Crippen molar-refractivity contribution in [2.24, 2.45) is 5.73 Å². The van der Waals surface area contributed by atoms with Crippen LogP contribution in [-0.2, 0) is 11.3 Å². The highest BCUT2D eigenvalue weighted by molar-refractivity contribution is 5.81. The topological polar surface area (TPSA) is 58.8 Å². The van der Waals surface area contributed by atoms with Gasteiger partial charge in [0.1, 0.15) is 12.4 Å². The van der Waals surface area contributed by atoms with Gasteiger partial charge in [0.15, 0.2) is 0 Å². The van der Waals surface area contributed by atoms with Gasteiger partial charge in [0, 0.05) is 18.7 Å². The molecule has 0 radical (unpaired) electrons. The number of ether oxygens (including phenoxy) is 1. The van der Waals surface area contributed by atoms with Gasteiger partial charge in [0.25, 0.3) is 0 Å². The molecule has 0 saturated carbocycles. The molecule has 20 heavy (non-hydrogen) atoms. The van der Waals surface area contributed by atoms with Gasteiger partial charge in [-0.25, -0.2) is 0 Å². The predicted molar refractivity (Wildman–Crippen MR) is 78.5 cm³/mol. The van der Waals surface area contributed by atoms with Crippen LogP contribution in [0.4, 0.5) is 0 Å². The number of likely N-dealkylation sites (N-methyl/N-ethyl adjacent to an activating group) is 1. The van der Waals surface area contributed by atoms with Crippen LogP contribution in [-0.4, -0.2) is 55.0 Å². The van der Waals surface area contributed by atoms with Crippen LogP contribution in [0.25, 0.3) is 0 Å². The van der Waals surface area contributed by atoms with Crippen molar-refractivity contribution in [3.63, 3.8) is 0 Å². The van der Waals surface area contributed by atoms with E-state index in [1.54, 1.807) is 6.92 Å². The molecule has 1 heterocycles. The second-order valence-corrected chi connectivity index (χ2v) is 5.59. The van der Waals surface area contributed by atoms with Crippen LogP contribution >= 0.6 is 0 Å². The van der Waals surface area contributed by atoms with Crippen LogP contribution in [0, 0.1) is 0 Å². The number of nitrogens with two attached hydrogens (primary N) is 1. The third-order valence-electron chi connectivity index (χ3n) is 3.43. The number of amides is 1. The molecule has 2 rings (SSSR count). The van der Waals surface area contributed by atoms with E-state index in [1.165, 1.54) is 0 Å². The number of para-hydroxylation sites is 1. The Labute approximate surface area is 120 Å². The summed E-state index contributed by atoms with van der Waals surface area (Å²) in [5, 5.41) is 0. The van der Waals surface area contributed by atoms with E-state index in [0.717, 1.165) is 17.9 Å². The molecule has 5 nitrogen and oxygen atoms in total. The summed E-state index contributed by atoms with van der Waals surface area (Å²) < 4.78 is 5.86. The quantitative estimate of drug-likeness (QED) is 0.883. The lowest BCUT2D eigenvalue weighted by atomic mass is 10.1. The Morgan fingerprint density at radius 1 is 1.50 bits per heavy atom. The van der Waals surface area contributed by atoms with Gasteiger partial charge in [-0.2, -0.15) is 0 Å². The summed E-state index contributed by atoms with van der Waals surface area (Å²) in [5.41, 5.74) is 6.82. The molecule has 0 aliphatic carbocycles. The van der Waals surface area contributed by atoms with E-state index in [9.17, 15) is 4.79 Å². The van der Waals surface area contributed by atoms with E-state index in [0.29, 0.717) is 13.2 Å². The van der Waals surface area contributed by atoms with E-state index in [4.69, 9.17) is 10.5 Å². The number of fused-ring (bicyclic) bond motifs is 1. The van der Waals surface area contributed by atoms with Gasteiger partial charge in [-0.15, -0.1) is 0 Å². The molecule has 0 fully saturated rings. The van der Waals surface area contributed by atoms with Gasteiger partial charge < -0.3 is 20.3 Å². The summed E-state index contributed by atoms with van der Waals surface area (Å²) in [6, 6.07) is 7.36. The summed E-state index contributed by atoms with van der Waals surface area (Å²) in [6.07, 6.45) is 0. The Kier molecular flexibility index (Phi) is 4.62. The lowest BCUT2D eigenvalue weighted by Crippen LogP contribution is -2.51.